The van der Waals surface area contributed by atoms with E-state index in [2.05, 4.69) is 52.5 Å². The summed E-state index contributed by atoms with van der Waals surface area (Å²) >= 11 is 0. The molecule has 1 fully saturated rings. The van der Waals surface area contributed by atoms with Crippen molar-refractivity contribution in [3.63, 3.8) is 0 Å². The molecule has 112 valence electrons. The molecule has 1 aliphatic heterocycles. The van der Waals surface area contributed by atoms with Gasteiger partial charge in [0.25, 0.3) is 0 Å². The van der Waals surface area contributed by atoms with Crippen LogP contribution in [-0.2, 0) is 6.54 Å². The first-order valence-electron chi connectivity index (χ1n) is 8.15. The van der Waals surface area contributed by atoms with Gasteiger partial charge in [0, 0.05) is 30.7 Å². The fraction of sp³-hybridized carbons (Fsp3) is 0.500. The quantitative estimate of drug-likeness (QED) is 0.882. The molecule has 1 saturated heterocycles. The molecule has 3 rings (SSSR count). The molecule has 21 heavy (non-hydrogen) atoms. The van der Waals surface area contributed by atoms with E-state index < -0.39 is 0 Å². The van der Waals surface area contributed by atoms with E-state index in [1.54, 1.807) is 0 Å². The summed E-state index contributed by atoms with van der Waals surface area (Å²) in [5.74, 6) is 0. The highest BCUT2D eigenvalue weighted by atomic mass is 15.1. The van der Waals surface area contributed by atoms with Gasteiger partial charge in [0.15, 0.2) is 0 Å². The number of para-hydroxylation sites is 1. The van der Waals surface area contributed by atoms with E-state index in [4.69, 9.17) is 0 Å². The molecule has 2 heterocycles. The normalized spacial score (nSPS) is 18.7. The van der Waals surface area contributed by atoms with E-state index in [0.29, 0.717) is 6.04 Å². The summed E-state index contributed by atoms with van der Waals surface area (Å²) in [6, 6.07) is 11.3. The van der Waals surface area contributed by atoms with Crippen LogP contribution < -0.4 is 5.32 Å². The van der Waals surface area contributed by atoms with E-state index >= 15 is 0 Å². The van der Waals surface area contributed by atoms with Crippen molar-refractivity contribution in [2.45, 2.75) is 38.8 Å². The molecule has 0 aliphatic carbocycles. The Morgan fingerprint density at radius 1 is 1.29 bits per heavy atom. The molecule has 1 aromatic carbocycles. The molecule has 0 spiro atoms. The second kappa shape index (κ2) is 7.01. The number of nitrogens with one attached hydrogen (secondary N) is 1. The zero-order chi connectivity index (χ0) is 14.5. The summed E-state index contributed by atoms with van der Waals surface area (Å²) in [5.41, 5.74) is 2.50. The standard InChI is InChI=1S/C18H25N3/c1-2-12-21(14-16-6-5-10-19-16)13-15-9-11-20-18-8-4-3-7-17(15)18/h3-4,7-9,11,16,19H,2,5-6,10,12-14H2,1H3. The molecule has 1 N–H and O–H groups in total. The third-order valence-corrected chi connectivity index (χ3v) is 4.31. The minimum atomic E-state index is 0.671. The first kappa shape index (κ1) is 14.5. The van der Waals surface area contributed by atoms with Crippen LogP contribution in [0.15, 0.2) is 36.5 Å². The molecule has 0 amide bonds. The molecule has 1 atom stereocenters. The van der Waals surface area contributed by atoms with Gasteiger partial charge in [0.1, 0.15) is 0 Å². The highest BCUT2D eigenvalue weighted by molar-refractivity contribution is 5.81. The van der Waals surface area contributed by atoms with Gasteiger partial charge in [-0.15, -0.1) is 0 Å². The van der Waals surface area contributed by atoms with Crippen LogP contribution in [0.1, 0.15) is 31.7 Å². The number of hydrogen-bond acceptors (Lipinski definition) is 3. The Balaban J connectivity index is 1.76. The van der Waals surface area contributed by atoms with E-state index in [-0.39, 0.29) is 0 Å². The Kier molecular flexibility index (Phi) is 4.84. The lowest BCUT2D eigenvalue weighted by atomic mass is 10.1. The first-order chi connectivity index (χ1) is 10.4. The fourth-order valence-electron chi connectivity index (χ4n) is 3.31. The second-order valence-electron chi connectivity index (χ2n) is 6.02. The summed E-state index contributed by atoms with van der Waals surface area (Å²) in [6.07, 6.45) is 5.78. The van der Waals surface area contributed by atoms with E-state index in [9.17, 15) is 0 Å². The lowest BCUT2D eigenvalue weighted by Crippen LogP contribution is -2.37. The lowest BCUT2D eigenvalue weighted by molar-refractivity contribution is 0.242. The molecule has 0 saturated carbocycles. The molecule has 2 aromatic rings. The van der Waals surface area contributed by atoms with Crippen molar-refractivity contribution in [3.05, 3.63) is 42.1 Å². The Morgan fingerprint density at radius 3 is 3.00 bits per heavy atom. The maximum atomic E-state index is 4.47. The molecule has 0 bridgehead atoms. The van der Waals surface area contributed by atoms with Gasteiger partial charge in [0.05, 0.1) is 5.52 Å². The predicted octanol–water partition coefficient (Wildman–Crippen LogP) is 3.20. The second-order valence-corrected chi connectivity index (χ2v) is 6.02. The average molecular weight is 283 g/mol. The van der Waals surface area contributed by atoms with Gasteiger partial charge in [-0.1, -0.05) is 25.1 Å². The molecule has 0 radical (unpaired) electrons. The number of rotatable bonds is 6. The van der Waals surface area contributed by atoms with Crippen molar-refractivity contribution in [2.75, 3.05) is 19.6 Å². The average Bonchev–Trinajstić information content (AvgIpc) is 3.01. The lowest BCUT2D eigenvalue weighted by Gasteiger charge is -2.25. The van der Waals surface area contributed by atoms with Gasteiger partial charge < -0.3 is 5.32 Å². The minimum absolute atomic E-state index is 0.671. The van der Waals surface area contributed by atoms with Crippen LogP contribution in [0, 0.1) is 0 Å². The fourth-order valence-corrected chi connectivity index (χ4v) is 3.31. The van der Waals surface area contributed by atoms with Crippen LogP contribution in [0.4, 0.5) is 0 Å². The Labute approximate surface area is 127 Å². The van der Waals surface area contributed by atoms with Gasteiger partial charge in [-0.25, -0.2) is 0 Å². The predicted molar refractivity (Wildman–Crippen MR) is 88.3 cm³/mol. The first-order valence-corrected chi connectivity index (χ1v) is 8.15. The van der Waals surface area contributed by atoms with Crippen LogP contribution >= 0.6 is 0 Å². The number of hydrogen-bond donors (Lipinski definition) is 1. The minimum Gasteiger partial charge on any atom is -0.313 e. The van der Waals surface area contributed by atoms with Crippen LogP contribution in [0.25, 0.3) is 10.9 Å². The third-order valence-electron chi connectivity index (χ3n) is 4.31. The summed E-state index contributed by atoms with van der Waals surface area (Å²) in [7, 11) is 0. The largest absolute Gasteiger partial charge is 0.313 e. The Bertz CT molecular complexity index is 570. The van der Waals surface area contributed by atoms with Gasteiger partial charge >= 0.3 is 0 Å². The third kappa shape index (κ3) is 3.60. The highest BCUT2D eigenvalue weighted by Gasteiger charge is 2.18. The summed E-state index contributed by atoms with van der Waals surface area (Å²) in [6.45, 7) is 6.79. The zero-order valence-electron chi connectivity index (χ0n) is 12.9. The van der Waals surface area contributed by atoms with Crippen LogP contribution in [0.3, 0.4) is 0 Å². The molecule has 3 heteroatoms. The van der Waals surface area contributed by atoms with Gasteiger partial charge in [-0.05, 0) is 50.0 Å². The maximum Gasteiger partial charge on any atom is 0.0705 e. The van der Waals surface area contributed by atoms with Crippen molar-refractivity contribution < 1.29 is 0 Å². The zero-order valence-corrected chi connectivity index (χ0v) is 12.9. The van der Waals surface area contributed by atoms with Gasteiger partial charge in [-0.2, -0.15) is 0 Å². The SMILES string of the molecule is CCCN(Cc1ccnc2ccccc12)CC1CCCN1. The smallest absolute Gasteiger partial charge is 0.0705 e. The molecule has 1 unspecified atom stereocenters. The Hall–Kier alpha value is -1.45. The molecule has 1 aromatic heterocycles. The number of benzene rings is 1. The molecule has 3 nitrogen and oxygen atoms in total. The van der Waals surface area contributed by atoms with Crippen LogP contribution in [0.2, 0.25) is 0 Å². The molecule has 1 aliphatic rings. The Morgan fingerprint density at radius 2 is 2.19 bits per heavy atom. The van der Waals surface area contributed by atoms with Crippen molar-refractivity contribution in [1.29, 1.82) is 0 Å². The summed E-state index contributed by atoms with van der Waals surface area (Å²) < 4.78 is 0. The van der Waals surface area contributed by atoms with Gasteiger partial charge in [-0.3, -0.25) is 9.88 Å². The van der Waals surface area contributed by atoms with Crippen LogP contribution in [0.5, 0.6) is 0 Å². The molecular weight excluding hydrogens is 258 g/mol. The number of nitrogens with zero attached hydrogens (tertiary/aromatic N) is 2. The van der Waals surface area contributed by atoms with Crippen molar-refractivity contribution in [3.8, 4) is 0 Å². The number of fused-ring (bicyclic) bond motifs is 1. The van der Waals surface area contributed by atoms with Crippen LogP contribution in [-0.4, -0.2) is 35.6 Å². The monoisotopic (exact) mass is 283 g/mol. The molecular formula is C18H25N3. The highest BCUT2D eigenvalue weighted by Crippen LogP contribution is 2.19. The topological polar surface area (TPSA) is 28.2 Å². The van der Waals surface area contributed by atoms with Crippen molar-refractivity contribution in [1.82, 2.24) is 15.2 Å². The number of pyridine rings is 1. The van der Waals surface area contributed by atoms with Crippen molar-refractivity contribution >= 4 is 10.9 Å². The summed E-state index contributed by atoms with van der Waals surface area (Å²) in [4.78, 5) is 7.06. The number of aromatic nitrogens is 1. The summed E-state index contributed by atoms with van der Waals surface area (Å²) in [5, 5.41) is 4.91. The van der Waals surface area contributed by atoms with Gasteiger partial charge in [0.2, 0.25) is 0 Å². The van der Waals surface area contributed by atoms with E-state index in [0.717, 1.165) is 25.2 Å². The maximum absolute atomic E-state index is 4.47. The van der Waals surface area contributed by atoms with E-state index in [1.165, 1.54) is 36.8 Å². The van der Waals surface area contributed by atoms with Crippen molar-refractivity contribution in [2.24, 2.45) is 0 Å². The van der Waals surface area contributed by atoms with E-state index in [1.807, 2.05) is 6.20 Å².